The minimum Gasteiger partial charge on any atom is -0.503 e. The molecule has 1 atom stereocenters. The number of ether oxygens (including phenoxy) is 1. The van der Waals surface area contributed by atoms with Crippen LogP contribution in [0.2, 0.25) is 0 Å². The Balaban J connectivity index is 0.714. The summed E-state index contributed by atoms with van der Waals surface area (Å²) in [5, 5.41) is 17.3. The maximum Gasteiger partial charge on any atom is 0.493 e. The lowest BCUT2D eigenvalue weighted by Crippen LogP contribution is -2.70. The summed E-state index contributed by atoms with van der Waals surface area (Å²) in [6.07, 6.45) is 3.49. The largest absolute Gasteiger partial charge is 0.503 e. The summed E-state index contributed by atoms with van der Waals surface area (Å²) < 4.78 is 93.3. The number of anilines is 1. The number of halogens is 6. The van der Waals surface area contributed by atoms with Gasteiger partial charge in [0, 0.05) is 56.1 Å². The second-order valence-corrected chi connectivity index (χ2v) is 19.2. The molecule has 18 nitrogen and oxygen atoms in total. The SMILES string of the molecule is Cn1c(=O)n(C2CCC(=O)NC2=O)c2ccc(CCCN3CCOC4(C3)CN(c3ncc(-c5ccc6cn(C7CCC(CN(OC(=O)C(F)(F)F)C(=O)c8cc(F)c(O)c(F)c8F)CC7)nc6c5)cn3)C4)cc21. The number of carbonyl (C=O) groups is 4. The van der Waals surface area contributed by atoms with E-state index in [1.54, 1.807) is 28.7 Å². The van der Waals surface area contributed by atoms with Gasteiger partial charge < -0.3 is 19.6 Å². The van der Waals surface area contributed by atoms with Crippen LogP contribution in [0.1, 0.15) is 73.0 Å². The summed E-state index contributed by atoms with van der Waals surface area (Å²) in [7, 11) is 1.69. The van der Waals surface area contributed by atoms with Crippen LogP contribution in [-0.2, 0) is 37.4 Å². The molecule has 4 aliphatic rings. The predicted octanol–water partition coefficient (Wildman–Crippen LogP) is 5.67. The van der Waals surface area contributed by atoms with Crippen molar-refractivity contribution in [1.82, 2.24) is 44.2 Å². The van der Waals surface area contributed by atoms with Gasteiger partial charge in [-0.25, -0.2) is 28.3 Å². The van der Waals surface area contributed by atoms with E-state index in [2.05, 4.69) is 29.9 Å². The molecule has 10 rings (SSSR count). The van der Waals surface area contributed by atoms with Crippen LogP contribution < -0.4 is 15.9 Å². The van der Waals surface area contributed by atoms with Gasteiger partial charge in [0.15, 0.2) is 17.4 Å². The molecule has 73 heavy (non-hydrogen) atoms. The molecular formula is C49H48F6N10O8. The molecular weight excluding hydrogens is 971 g/mol. The quantitative estimate of drug-likeness (QED) is 0.0698. The number of aromatic hydroxyl groups is 1. The molecule has 1 saturated carbocycles. The van der Waals surface area contributed by atoms with E-state index in [0.717, 1.165) is 60.1 Å². The number of morpholine rings is 1. The first-order valence-electron chi connectivity index (χ1n) is 23.8. The summed E-state index contributed by atoms with van der Waals surface area (Å²) in [5.41, 5.74) is 2.75. The first-order chi connectivity index (χ1) is 34.8. The number of rotatable bonds is 11. The van der Waals surface area contributed by atoms with Gasteiger partial charge in [-0.1, -0.05) is 18.2 Å². The van der Waals surface area contributed by atoms with E-state index in [1.165, 1.54) is 4.57 Å². The van der Waals surface area contributed by atoms with E-state index in [0.29, 0.717) is 62.4 Å². The van der Waals surface area contributed by atoms with Crippen molar-refractivity contribution in [2.45, 2.75) is 75.2 Å². The van der Waals surface area contributed by atoms with E-state index in [-0.39, 0.29) is 47.2 Å². The van der Waals surface area contributed by atoms with Crippen LogP contribution in [0.3, 0.4) is 0 Å². The predicted molar refractivity (Wildman–Crippen MR) is 247 cm³/mol. The number of aromatic nitrogens is 6. The number of aryl methyl sites for hydroxylation is 2. The number of phenols is 1. The zero-order valence-corrected chi connectivity index (χ0v) is 39.2. The van der Waals surface area contributed by atoms with E-state index >= 15 is 0 Å². The molecule has 3 aromatic heterocycles. The highest BCUT2D eigenvalue weighted by molar-refractivity contribution is 6.00. The number of carbonyl (C=O) groups excluding carboxylic acids is 4. The van der Waals surface area contributed by atoms with Crippen molar-refractivity contribution < 1.29 is 60.2 Å². The molecule has 3 aromatic carbocycles. The number of nitrogens with zero attached hydrogens (tertiary/aromatic N) is 9. The summed E-state index contributed by atoms with van der Waals surface area (Å²) in [6.45, 7) is 3.66. The Hall–Kier alpha value is -7.34. The van der Waals surface area contributed by atoms with Crippen molar-refractivity contribution >= 4 is 51.6 Å². The lowest BCUT2D eigenvalue weighted by Gasteiger charge is -2.53. The number of hydrogen-bond donors (Lipinski definition) is 2. The second kappa shape index (κ2) is 19.3. The first kappa shape index (κ1) is 49.2. The number of amides is 3. The normalized spacial score (nSPS) is 20.4. The van der Waals surface area contributed by atoms with Gasteiger partial charge in [-0.15, -0.1) is 0 Å². The van der Waals surface area contributed by atoms with Crippen LogP contribution in [0.5, 0.6) is 5.75 Å². The van der Waals surface area contributed by atoms with Crippen LogP contribution in [0, 0.1) is 23.4 Å². The first-order valence-corrected chi connectivity index (χ1v) is 23.8. The number of imidazole rings is 1. The topological polar surface area (TPSA) is 199 Å². The molecule has 1 unspecified atom stereocenters. The summed E-state index contributed by atoms with van der Waals surface area (Å²) in [6, 6.07) is 10.8. The maximum absolute atomic E-state index is 14.6. The summed E-state index contributed by atoms with van der Waals surface area (Å²) in [5.74, 6) is -12.9. The van der Waals surface area contributed by atoms with Crippen molar-refractivity contribution in [3.8, 4) is 16.9 Å². The molecule has 3 aliphatic heterocycles. The molecule has 6 heterocycles. The Morgan fingerprint density at radius 1 is 0.932 bits per heavy atom. The molecule has 1 aliphatic carbocycles. The van der Waals surface area contributed by atoms with E-state index < -0.39 is 71.2 Å². The van der Waals surface area contributed by atoms with Crippen molar-refractivity contribution in [3.05, 3.63) is 100 Å². The monoisotopic (exact) mass is 1020 g/mol. The number of nitrogens with one attached hydrogen (secondary N) is 1. The average Bonchev–Trinajstić information content (AvgIpc) is 3.90. The van der Waals surface area contributed by atoms with Gasteiger partial charge in [0.1, 0.15) is 11.6 Å². The third kappa shape index (κ3) is 9.71. The summed E-state index contributed by atoms with van der Waals surface area (Å²) >= 11 is 0. The number of alkyl halides is 3. The zero-order chi connectivity index (χ0) is 51.5. The Bertz CT molecular complexity index is 3220. The lowest BCUT2D eigenvalue weighted by molar-refractivity contribution is -0.230. The number of hydroxylamine groups is 2. The van der Waals surface area contributed by atoms with Crippen LogP contribution in [0.15, 0.2) is 65.8 Å². The number of fused-ring (bicyclic) bond motifs is 2. The molecule has 2 N–H and O–H groups in total. The van der Waals surface area contributed by atoms with Gasteiger partial charge in [-0.05, 0) is 92.8 Å². The van der Waals surface area contributed by atoms with Crippen LogP contribution in [-0.4, -0.2) is 125 Å². The van der Waals surface area contributed by atoms with Gasteiger partial charge >= 0.3 is 17.8 Å². The van der Waals surface area contributed by atoms with Gasteiger partial charge in [0.05, 0.1) is 54.4 Å². The molecule has 1 spiro atoms. The number of phenolic OH excluding ortho intramolecular Hbond substituents is 1. The minimum atomic E-state index is -5.54. The number of benzene rings is 3. The molecule has 6 aromatic rings. The molecule has 384 valence electrons. The molecule has 3 saturated heterocycles. The van der Waals surface area contributed by atoms with Crippen molar-refractivity contribution in [3.63, 3.8) is 0 Å². The van der Waals surface area contributed by atoms with E-state index in [9.17, 15) is 55.4 Å². The number of piperidine rings is 1. The molecule has 0 radical (unpaired) electrons. The third-order valence-electron chi connectivity index (χ3n) is 14.3. The molecule has 3 amide bonds. The fourth-order valence-electron chi connectivity index (χ4n) is 10.4. The second-order valence-electron chi connectivity index (χ2n) is 19.2. The highest BCUT2D eigenvalue weighted by atomic mass is 19.4. The summed E-state index contributed by atoms with van der Waals surface area (Å²) in [4.78, 5) is 80.4. The Morgan fingerprint density at radius 3 is 2.41 bits per heavy atom. The van der Waals surface area contributed by atoms with Crippen molar-refractivity contribution in [2.24, 2.45) is 13.0 Å². The Labute approximate surface area is 411 Å². The standard InChI is InChI=1S/C49H48F6N10O8/c1-60-38-17-27(6-11-36(38)65(47(60)71)37-12-13-39(66)58-43(37)68)3-2-14-61-15-16-72-48(24-61)25-62(26-48)46-56-20-31(21-57-46)29-7-8-30-23-63(59-35(30)18-29)32-9-4-28(5-10-32)22-64(73-45(70)49(53,54)55)44(69)33-19-34(50)42(67)41(52)40(33)51/h6-8,11,17-21,23,28,32,37,67H,2-5,9-10,12-16,22,24-26H2,1H3,(H,58,66,68). The maximum atomic E-state index is 14.6. The molecule has 4 fully saturated rings. The molecule has 0 bridgehead atoms. The van der Waals surface area contributed by atoms with Crippen molar-refractivity contribution in [2.75, 3.05) is 50.8 Å². The fourth-order valence-corrected chi connectivity index (χ4v) is 10.4. The third-order valence-corrected chi connectivity index (χ3v) is 14.3. The zero-order valence-electron chi connectivity index (χ0n) is 39.2. The van der Waals surface area contributed by atoms with Crippen LogP contribution >= 0.6 is 0 Å². The smallest absolute Gasteiger partial charge is 0.493 e. The lowest BCUT2D eigenvalue weighted by atomic mass is 9.86. The van der Waals surface area contributed by atoms with Gasteiger partial charge in [0.25, 0.3) is 5.91 Å². The Kier molecular flexibility index (Phi) is 13.0. The van der Waals surface area contributed by atoms with E-state index in [1.807, 2.05) is 42.6 Å². The van der Waals surface area contributed by atoms with Gasteiger partial charge in [-0.2, -0.15) is 27.7 Å². The van der Waals surface area contributed by atoms with Crippen LogP contribution in [0.4, 0.5) is 32.3 Å². The number of imide groups is 1. The number of hydrogen-bond acceptors (Lipinski definition) is 13. The Morgan fingerprint density at radius 2 is 1.68 bits per heavy atom. The van der Waals surface area contributed by atoms with Crippen molar-refractivity contribution in [1.29, 1.82) is 0 Å². The van der Waals surface area contributed by atoms with E-state index in [4.69, 9.17) is 9.84 Å². The highest BCUT2D eigenvalue weighted by Crippen LogP contribution is 2.37. The van der Waals surface area contributed by atoms with Gasteiger partial charge in [-0.3, -0.25) is 38.4 Å². The fraction of sp³-hybridized carbons (Fsp3) is 0.429. The minimum absolute atomic E-state index is 0.0512. The van der Waals surface area contributed by atoms with Crippen LogP contribution in [0.25, 0.3) is 33.1 Å². The average molecular weight is 1020 g/mol. The highest BCUT2D eigenvalue weighted by Gasteiger charge is 2.48. The van der Waals surface area contributed by atoms with Gasteiger partial charge in [0.2, 0.25) is 23.6 Å². The molecule has 24 heteroatoms.